The molecule has 0 unspecified atom stereocenters. The Balaban J connectivity index is 2.86. The van der Waals surface area contributed by atoms with Crippen LogP contribution in [0, 0.1) is 0 Å². The molecular weight excluding hydrogens is 304 g/mol. The molecule has 0 radical (unpaired) electrons. The van der Waals surface area contributed by atoms with Gasteiger partial charge in [-0.2, -0.15) is 4.68 Å². The van der Waals surface area contributed by atoms with Crippen molar-refractivity contribution in [2.75, 3.05) is 18.8 Å². The summed E-state index contributed by atoms with van der Waals surface area (Å²) < 4.78 is 24.8. The summed E-state index contributed by atoms with van der Waals surface area (Å²) in [5.74, 6) is -0.0297. The van der Waals surface area contributed by atoms with Gasteiger partial charge in [-0.25, -0.2) is 18.2 Å². The fourth-order valence-electron chi connectivity index (χ4n) is 1.96. The number of hydrogen-bond acceptors (Lipinski definition) is 5. The number of unbranched alkanes of at least 4 members (excludes halogenated alkanes) is 2. The van der Waals surface area contributed by atoms with E-state index >= 15 is 0 Å². The number of hydrogen-bond donors (Lipinski definition) is 0. The standard InChI is InChI=1S/C14H24N4O3S/c1-4-7-8-10-17(9-5-2)14(19)18-12-15-13(16-18)22(20,21)11-6-3/h5,12H,2,4,6-11H2,1,3H3. The summed E-state index contributed by atoms with van der Waals surface area (Å²) in [5.41, 5.74) is 0. The zero-order valence-electron chi connectivity index (χ0n) is 13.2. The zero-order chi connectivity index (χ0) is 16.6. The smallest absolute Gasteiger partial charge is 0.319 e. The van der Waals surface area contributed by atoms with E-state index in [1.165, 1.54) is 0 Å². The summed E-state index contributed by atoms with van der Waals surface area (Å²) in [4.78, 5) is 17.7. The molecule has 1 aromatic rings. The van der Waals surface area contributed by atoms with Crippen LogP contribution >= 0.6 is 0 Å². The van der Waals surface area contributed by atoms with Crippen molar-refractivity contribution in [3.8, 4) is 0 Å². The highest BCUT2D eigenvalue weighted by Gasteiger charge is 2.22. The van der Waals surface area contributed by atoms with Crippen LogP contribution in [0.4, 0.5) is 4.79 Å². The molecule has 1 aromatic heterocycles. The number of rotatable bonds is 9. The van der Waals surface area contributed by atoms with E-state index < -0.39 is 9.84 Å². The minimum Gasteiger partial charge on any atom is -0.319 e. The van der Waals surface area contributed by atoms with Crippen LogP contribution in [0.2, 0.25) is 0 Å². The van der Waals surface area contributed by atoms with Gasteiger partial charge in [-0.15, -0.1) is 11.7 Å². The van der Waals surface area contributed by atoms with Crippen molar-refractivity contribution < 1.29 is 13.2 Å². The van der Waals surface area contributed by atoms with Gasteiger partial charge in [-0.1, -0.05) is 32.8 Å². The van der Waals surface area contributed by atoms with Gasteiger partial charge in [0.05, 0.1) is 5.75 Å². The molecule has 1 heterocycles. The van der Waals surface area contributed by atoms with Crippen LogP contribution in [0.5, 0.6) is 0 Å². The van der Waals surface area contributed by atoms with Crippen molar-refractivity contribution in [2.45, 2.75) is 44.7 Å². The maximum absolute atomic E-state index is 12.4. The topological polar surface area (TPSA) is 85.2 Å². The minimum absolute atomic E-state index is 0.0297. The summed E-state index contributed by atoms with van der Waals surface area (Å²) in [7, 11) is -3.52. The van der Waals surface area contributed by atoms with Crippen molar-refractivity contribution in [1.29, 1.82) is 0 Å². The molecule has 0 bridgehead atoms. The fourth-order valence-corrected chi connectivity index (χ4v) is 3.10. The van der Waals surface area contributed by atoms with E-state index in [4.69, 9.17) is 0 Å². The normalized spacial score (nSPS) is 11.4. The van der Waals surface area contributed by atoms with Gasteiger partial charge < -0.3 is 4.90 Å². The first-order valence-corrected chi connectivity index (χ1v) is 9.16. The van der Waals surface area contributed by atoms with Gasteiger partial charge in [-0.05, 0) is 12.8 Å². The molecule has 0 saturated carbocycles. The van der Waals surface area contributed by atoms with Gasteiger partial charge in [0.25, 0.3) is 5.16 Å². The van der Waals surface area contributed by atoms with E-state index in [0.717, 1.165) is 30.3 Å². The highest BCUT2D eigenvalue weighted by molar-refractivity contribution is 7.91. The Morgan fingerprint density at radius 2 is 2.09 bits per heavy atom. The Labute approximate surface area is 131 Å². The van der Waals surface area contributed by atoms with Crippen molar-refractivity contribution in [2.24, 2.45) is 0 Å². The number of sulfone groups is 1. The molecule has 22 heavy (non-hydrogen) atoms. The molecule has 8 heteroatoms. The average molecular weight is 328 g/mol. The van der Waals surface area contributed by atoms with E-state index in [9.17, 15) is 13.2 Å². The average Bonchev–Trinajstić information content (AvgIpc) is 2.96. The Bertz CT molecular complexity index is 595. The number of amides is 1. The number of carbonyl (C=O) groups excluding carboxylic acids is 1. The zero-order valence-corrected chi connectivity index (χ0v) is 14.0. The third kappa shape index (κ3) is 4.94. The summed E-state index contributed by atoms with van der Waals surface area (Å²) in [6.07, 6.45) is 6.22. The molecule has 0 aliphatic heterocycles. The Kier molecular flexibility index (Phi) is 7.23. The van der Waals surface area contributed by atoms with Crippen LogP contribution in [0.25, 0.3) is 0 Å². The lowest BCUT2D eigenvalue weighted by Crippen LogP contribution is -2.36. The third-order valence-corrected chi connectivity index (χ3v) is 4.76. The van der Waals surface area contributed by atoms with Crippen LogP contribution in [-0.4, -0.2) is 53.0 Å². The molecule has 0 aromatic carbocycles. The van der Waals surface area contributed by atoms with E-state index in [-0.39, 0.29) is 16.9 Å². The second-order valence-corrected chi connectivity index (χ2v) is 7.02. The summed E-state index contributed by atoms with van der Waals surface area (Å²) in [6.45, 7) is 8.45. The van der Waals surface area contributed by atoms with E-state index in [1.54, 1.807) is 17.9 Å². The molecule has 124 valence electrons. The van der Waals surface area contributed by atoms with Crippen molar-refractivity contribution in [1.82, 2.24) is 19.7 Å². The molecule has 0 N–H and O–H groups in total. The first-order valence-electron chi connectivity index (χ1n) is 7.50. The molecule has 0 aliphatic rings. The molecule has 0 saturated heterocycles. The predicted molar refractivity (Wildman–Crippen MR) is 84.5 cm³/mol. The Morgan fingerprint density at radius 3 is 2.68 bits per heavy atom. The molecule has 1 rings (SSSR count). The molecule has 1 amide bonds. The van der Waals surface area contributed by atoms with Crippen molar-refractivity contribution in [3.05, 3.63) is 19.0 Å². The van der Waals surface area contributed by atoms with Crippen LogP contribution in [-0.2, 0) is 9.84 Å². The first kappa shape index (κ1) is 18.3. The lowest BCUT2D eigenvalue weighted by Gasteiger charge is -2.20. The lowest BCUT2D eigenvalue weighted by atomic mass is 10.2. The van der Waals surface area contributed by atoms with E-state index in [1.807, 2.05) is 0 Å². The van der Waals surface area contributed by atoms with Gasteiger partial charge in [0, 0.05) is 13.1 Å². The maximum Gasteiger partial charge on any atom is 0.346 e. The maximum atomic E-state index is 12.4. The molecule has 0 atom stereocenters. The Morgan fingerprint density at radius 1 is 1.36 bits per heavy atom. The van der Waals surface area contributed by atoms with Crippen LogP contribution in [0.1, 0.15) is 39.5 Å². The second kappa shape index (κ2) is 8.67. The third-order valence-electron chi connectivity index (χ3n) is 3.07. The highest BCUT2D eigenvalue weighted by atomic mass is 32.2. The van der Waals surface area contributed by atoms with Crippen molar-refractivity contribution in [3.63, 3.8) is 0 Å². The highest BCUT2D eigenvalue weighted by Crippen LogP contribution is 2.07. The summed E-state index contributed by atoms with van der Waals surface area (Å²) >= 11 is 0. The predicted octanol–water partition coefficient (Wildman–Crippen LogP) is 2.11. The summed E-state index contributed by atoms with van der Waals surface area (Å²) in [5, 5.41) is 3.53. The molecule has 0 aliphatic carbocycles. The van der Waals surface area contributed by atoms with Crippen LogP contribution in [0.15, 0.2) is 24.1 Å². The monoisotopic (exact) mass is 328 g/mol. The second-order valence-electron chi connectivity index (χ2n) is 5.01. The minimum atomic E-state index is -3.52. The quantitative estimate of drug-likeness (QED) is 0.512. The Hall–Kier alpha value is -1.70. The molecular formula is C14H24N4O3S. The number of carbonyl (C=O) groups is 1. The number of aromatic nitrogens is 3. The molecule has 0 fully saturated rings. The summed E-state index contributed by atoms with van der Waals surface area (Å²) in [6, 6.07) is -0.388. The lowest BCUT2D eigenvalue weighted by molar-refractivity contribution is 0.200. The largest absolute Gasteiger partial charge is 0.346 e. The van der Waals surface area contributed by atoms with Gasteiger partial charge in [0.1, 0.15) is 6.33 Å². The molecule has 0 spiro atoms. The first-order chi connectivity index (χ1) is 10.5. The molecule has 7 nitrogen and oxygen atoms in total. The number of nitrogens with zero attached hydrogens (tertiary/aromatic N) is 4. The van der Waals surface area contributed by atoms with Gasteiger partial charge >= 0.3 is 6.03 Å². The van der Waals surface area contributed by atoms with Gasteiger partial charge in [0.2, 0.25) is 9.84 Å². The van der Waals surface area contributed by atoms with Crippen LogP contribution in [0.3, 0.4) is 0 Å². The van der Waals surface area contributed by atoms with E-state index in [0.29, 0.717) is 19.5 Å². The van der Waals surface area contributed by atoms with Crippen molar-refractivity contribution >= 4 is 15.9 Å². The SMILES string of the molecule is C=CCN(CCCCC)C(=O)n1cnc(S(=O)(=O)CCC)n1. The van der Waals surface area contributed by atoms with Crippen LogP contribution < -0.4 is 0 Å². The van der Waals surface area contributed by atoms with Gasteiger partial charge in [-0.3, -0.25) is 0 Å². The fraction of sp³-hybridized carbons (Fsp3) is 0.643. The van der Waals surface area contributed by atoms with Gasteiger partial charge in [0.15, 0.2) is 0 Å². The van der Waals surface area contributed by atoms with E-state index in [2.05, 4.69) is 23.6 Å².